The van der Waals surface area contributed by atoms with Crippen molar-refractivity contribution in [3.63, 3.8) is 0 Å². The van der Waals surface area contributed by atoms with Crippen LogP contribution in [0.5, 0.6) is 0 Å². The minimum absolute atomic E-state index is 0.124. The number of aryl methyl sites for hydroxylation is 1. The number of hydrogen-bond acceptors (Lipinski definition) is 4. The third-order valence-corrected chi connectivity index (χ3v) is 2.90. The summed E-state index contributed by atoms with van der Waals surface area (Å²) >= 11 is 0. The van der Waals surface area contributed by atoms with Crippen molar-refractivity contribution in [2.24, 2.45) is 0 Å². The Morgan fingerprint density at radius 1 is 1.24 bits per heavy atom. The van der Waals surface area contributed by atoms with Gasteiger partial charge in [0.05, 0.1) is 6.61 Å². The van der Waals surface area contributed by atoms with Gasteiger partial charge in [-0.05, 0) is 44.2 Å². The summed E-state index contributed by atoms with van der Waals surface area (Å²) in [7, 11) is 0. The fourth-order valence-electron chi connectivity index (χ4n) is 1.96. The quantitative estimate of drug-likeness (QED) is 0.875. The number of benzene rings is 1. The first-order chi connectivity index (χ1) is 10.0. The molecule has 0 aliphatic heterocycles. The third-order valence-electron chi connectivity index (χ3n) is 2.90. The molecule has 1 amide bonds. The molecule has 1 aromatic heterocycles. The first-order valence-electron chi connectivity index (χ1n) is 6.67. The van der Waals surface area contributed by atoms with Gasteiger partial charge in [0.25, 0.3) is 0 Å². The standard InChI is InChI=1S/C16H17NO4/c1-4-20-16(19)14-9-15(21-10(14)2)12-5-7-13(8-6-12)17-11(3)18/h5-9H,4H2,1-3H3,(H,17,18). The van der Waals surface area contributed by atoms with Crippen LogP contribution >= 0.6 is 0 Å². The van der Waals surface area contributed by atoms with E-state index in [0.29, 0.717) is 29.4 Å². The van der Waals surface area contributed by atoms with Crippen LogP contribution in [0.15, 0.2) is 34.7 Å². The zero-order valence-corrected chi connectivity index (χ0v) is 12.2. The average molecular weight is 287 g/mol. The summed E-state index contributed by atoms with van der Waals surface area (Å²) in [6.45, 7) is 5.26. The number of anilines is 1. The van der Waals surface area contributed by atoms with Gasteiger partial charge in [0.2, 0.25) is 5.91 Å². The van der Waals surface area contributed by atoms with Crippen LogP contribution < -0.4 is 5.32 Å². The van der Waals surface area contributed by atoms with Crippen molar-refractivity contribution in [2.75, 3.05) is 11.9 Å². The number of amides is 1. The van der Waals surface area contributed by atoms with Gasteiger partial charge in [-0.15, -0.1) is 0 Å². The predicted octanol–water partition coefficient (Wildman–Crippen LogP) is 3.39. The number of carbonyl (C=O) groups excluding carboxylic acids is 2. The predicted molar refractivity (Wildman–Crippen MR) is 79.1 cm³/mol. The number of ether oxygens (including phenoxy) is 1. The van der Waals surface area contributed by atoms with Crippen LogP contribution in [-0.2, 0) is 9.53 Å². The molecule has 0 fully saturated rings. The highest BCUT2D eigenvalue weighted by molar-refractivity contribution is 5.92. The summed E-state index contributed by atoms with van der Waals surface area (Å²) in [5.74, 6) is 0.598. The van der Waals surface area contributed by atoms with Gasteiger partial charge in [0.15, 0.2) is 0 Å². The van der Waals surface area contributed by atoms with E-state index in [2.05, 4.69) is 5.32 Å². The van der Waals surface area contributed by atoms with Crippen molar-refractivity contribution in [3.8, 4) is 11.3 Å². The van der Waals surface area contributed by atoms with Crippen molar-refractivity contribution in [2.45, 2.75) is 20.8 Å². The molecule has 0 saturated carbocycles. The van der Waals surface area contributed by atoms with Gasteiger partial charge in [-0.2, -0.15) is 0 Å². The van der Waals surface area contributed by atoms with Crippen LogP contribution in [0.4, 0.5) is 5.69 Å². The van der Waals surface area contributed by atoms with Crippen LogP contribution in [-0.4, -0.2) is 18.5 Å². The molecule has 0 bridgehead atoms. The fourth-order valence-corrected chi connectivity index (χ4v) is 1.96. The van der Waals surface area contributed by atoms with Gasteiger partial charge in [-0.1, -0.05) is 0 Å². The SMILES string of the molecule is CCOC(=O)c1cc(-c2ccc(NC(C)=O)cc2)oc1C. The molecule has 0 aliphatic carbocycles. The molecule has 1 N–H and O–H groups in total. The smallest absolute Gasteiger partial charge is 0.341 e. The molecule has 110 valence electrons. The molecule has 21 heavy (non-hydrogen) atoms. The molecule has 0 saturated heterocycles. The molecule has 5 heteroatoms. The topological polar surface area (TPSA) is 68.5 Å². The molecule has 0 atom stereocenters. The highest BCUT2D eigenvalue weighted by Crippen LogP contribution is 2.27. The summed E-state index contributed by atoms with van der Waals surface area (Å²) in [6, 6.07) is 8.86. The van der Waals surface area contributed by atoms with Crippen LogP contribution in [0.25, 0.3) is 11.3 Å². The Labute approximate surface area is 122 Å². The zero-order valence-electron chi connectivity index (χ0n) is 12.2. The van der Waals surface area contributed by atoms with Crippen molar-refractivity contribution >= 4 is 17.6 Å². The van der Waals surface area contributed by atoms with Crippen LogP contribution in [0.1, 0.15) is 30.0 Å². The first kappa shape index (κ1) is 14.8. The Balaban J connectivity index is 2.24. The number of rotatable bonds is 4. The lowest BCUT2D eigenvalue weighted by atomic mass is 10.1. The summed E-state index contributed by atoms with van der Waals surface area (Å²) in [5, 5.41) is 2.69. The lowest BCUT2D eigenvalue weighted by Crippen LogP contribution is -2.05. The molecular formula is C16H17NO4. The van der Waals surface area contributed by atoms with Crippen LogP contribution in [0.3, 0.4) is 0 Å². The highest BCUT2D eigenvalue weighted by Gasteiger charge is 2.16. The summed E-state index contributed by atoms with van der Waals surface area (Å²) in [6.07, 6.45) is 0. The largest absolute Gasteiger partial charge is 0.462 e. The molecule has 1 aromatic carbocycles. The van der Waals surface area contributed by atoms with E-state index in [4.69, 9.17) is 9.15 Å². The Morgan fingerprint density at radius 3 is 2.48 bits per heavy atom. The number of hydrogen-bond donors (Lipinski definition) is 1. The molecule has 0 unspecified atom stereocenters. The van der Waals surface area contributed by atoms with Crippen molar-refractivity contribution in [1.82, 2.24) is 0 Å². The van der Waals surface area contributed by atoms with E-state index in [9.17, 15) is 9.59 Å². The number of carbonyl (C=O) groups is 2. The maximum Gasteiger partial charge on any atom is 0.341 e. The van der Waals surface area contributed by atoms with Crippen molar-refractivity contribution < 1.29 is 18.7 Å². The van der Waals surface area contributed by atoms with E-state index in [-0.39, 0.29) is 11.9 Å². The van der Waals surface area contributed by atoms with Gasteiger partial charge in [-0.25, -0.2) is 4.79 Å². The lowest BCUT2D eigenvalue weighted by Gasteiger charge is -2.02. The second-order valence-electron chi connectivity index (χ2n) is 4.56. The van der Waals surface area contributed by atoms with Gasteiger partial charge in [0, 0.05) is 18.2 Å². The lowest BCUT2D eigenvalue weighted by molar-refractivity contribution is -0.114. The number of esters is 1. The van der Waals surface area contributed by atoms with E-state index < -0.39 is 0 Å². The normalized spacial score (nSPS) is 10.2. The maximum atomic E-state index is 11.8. The van der Waals surface area contributed by atoms with Crippen molar-refractivity contribution in [1.29, 1.82) is 0 Å². The monoisotopic (exact) mass is 287 g/mol. The van der Waals surface area contributed by atoms with E-state index in [0.717, 1.165) is 5.56 Å². The fraction of sp³-hybridized carbons (Fsp3) is 0.250. The summed E-state index contributed by atoms with van der Waals surface area (Å²) < 4.78 is 10.6. The third kappa shape index (κ3) is 3.51. The molecule has 0 radical (unpaired) electrons. The molecule has 1 heterocycles. The van der Waals surface area contributed by atoms with Gasteiger partial charge >= 0.3 is 5.97 Å². The summed E-state index contributed by atoms with van der Waals surface area (Å²) in [5.41, 5.74) is 1.96. The zero-order chi connectivity index (χ0) is 15.4. The van der Waals surface area contributed by atoms with E-state index >= 15 is 0 Å². The molecule has 2 aromatic rings. The van der Waals surface area contributed by atoms with Crippen LogP contribution in [0.2, 0.25) is 0 Å². The highest BCUT2D eigenvalue weighted by atomic mass is 16.5. The van der Waals surface area contributed by atoms with E-state index in [1.165, 1.54) is 6.92 Å². The molecular weight excluding hydrogens is 270 g/mol. The van der Waals surface area contributed by atoms with Gasteiger partial charge in [-0.3, -0.25) is 4.79 Å². The maximum absolute atomic E-state index is 11.8. The second-order valence-corrected chi connectivity index (χ2v) is 4.56. The van der Waals surface area contributed by atoms with E-state index in [1.807, 2.05) is 12.1 Å². The Morgan fingerprint density at radius 2 is 1.90 bits per heavy atom. The van der Waals surface area contributed by atoms with E-state index in [1.54, 1.807) is 32.0 Å². The molecule has 5 nitrogen and oxygen atoms in total. The van der Waals surface area contributed by atoms with Gasteiger partial charge < -0.3 is 14.5 Å². The Hall–Kier alpha value is -2.56. The van der Waals surface area contributed by atoms with Gasteiger partial charge in [0.1, 0.15) is 17.1 Å². The number of furan rings is 1. The second kappa shape index (κ2) is 6.26. The van der Waals surface area contributed by atoms with Crippen LogP contribution in [0, 0.1) is 6.92 Å². The minimum atomic E-state index is -0.389. The molecule has 0 aliphatic rings. The summed E-state index contributed by atoms with van der Waals surface area (Å²) in [4.78, 5) is 22.7. The number of nitrogens with one attached hydrogen (secondary N) is 1. The Bertz CT molecular complexity index is 655. The molecule has 2 rings (SSSR count). The molecule has 0 spiro atoms. The average Bonchev–Trinajstić information content (AvgIpc) is 2.81. The minimum Gasteiger partial charge on any atom is -0.462 e. The van der Waals surface area contributed by atoms with Crippen molar-refractivity contribution in [3.05, 3.63) is 41.7 Å². The Kier molecular flexibility index (Phi) is 4.42. The first-order valence-corrected chi connectivity index (χ1v) is 6.67.